The van der Waals surface area contributed by atoms with Gasteiger partial charge in [0, 0.05) is 16.6 Å². The van der Waals surface area contributed by atoms with Crippen molar-refractivity contribution in [3.63, 3.8) is 0 Å². The summed E-state index contributed by atoms with van der Waals surface area (Å²) >= 11 is 1.82. The van der Waals surface area contributed by atoms with Crippen LogP contribution in [-0.4, -0.2) is 12.3 Å². The van der Waals surface area contributed by atoms with Gasteiger partial charge in [-0.1, -0.05) is 0 Å². The Balaban J connectivity index is 1.50. The van der Waals surface area contributed by atoms with Crippen molar-refractivity contribution in [2.24, 2.45) is 23.7 Å². The van der Waals surface area contributed by atoms with Gasteiger partial charge in [-0.15, -0.1) is 11.8 Å². The molecule has 0 unspecified atom stereocenters. The van der Waals surface area contributed by atoms with Gasteiger partial charge < -0.3 is 5.32 Å². The lowest BCUT2D eigenvalue weighted by Gasteiger charge is -2.54. The Morgan fingerprint density at radius 1 is 0.895 bits per heavy atom. The summed E-state index contributed by atoms with van der Waals surface area (Å²) in [6.07, 6.45) is 9.66. The van der Waals surface area contributed by atoms with E-state index in [2.05, 4.69) is 35.8 Å². The average molecular weight is 273 g/mol. The Hall–Kier alpha value is -0.630. The second-order valence-corrected chi connectivity index (χ2v) is 7.71. The highest BCUT2D eigenvalue weighted by Gasteiger charge is 2.48. The molecule has 2 heteroatoms. The molecule has 0 atom stereocenters. The van der Waals surface area contributed by atoms with E-state index in [9.17, 15) is 0 Å². The zero-order valence-electron chi connectivity index (χ0n) is 11.6. The molecule has 5 rings (SSSR count). The molecule has 0 amide bonds. The van der Waals surface area contributed by atoms with Gasteiger partial charge in [-0.3, -0.25) is 0 Å². The van der Waals surface area contributed by atoms with E-state index in [4.69, 9.17) is 0 Å². The predicted molar refractivity (Wildman–Crippen MR) is 82.7 cm³/mol. The van der Waals surface area contributed by atoms with E-state index in [0.717, 1.165) is 29.7 Å². The molecule has 1 nitrogen and oxygen atoms in total. The Bertz CT molecular complexity index is 425. The van der Waals surface area contributed by atoms with Crippen LogP contribution in [0.3, 0.4) is 0 Å². The molecule has 4 saturated carbocycles. The summed E-state index contributed by atoms with van der Waals surface area (Å²) in [6.45, 7) is 0. The number of benzene rings is 1. The smallest absolute Gasteiger partial charge is 0.0343 e. The van der Waals surface area contributed by atoms with Crippen LogP contribution in [0, 0.1) is 23.7 Å². The van der Waals surface area contributed by atoms with Gasteiger partial charge in [-0.05, 0) is 86.3 Å². The summed E-state index contributed by atoms with van der Waals surface area (Å²) in [5.74, 6) is 4.05. The molecule has 1 aromatic rings. The third kappa shape index (κ3) is 2.18. The van der Waals surface area contributed by atoms with Crippen LogP contribution < -0.4 is 5.32 Å². The number of hydrogen-bond donors (Lipinski definition) is 1. The number of nitrogens with one attached hydrogen (secondary N) is 1. The summed E-state index contributed by atoms with van der Waals surface area (Å²) in [6, 6.07) is 9.76. The van der Waals surface area contributed by atoms with E-state index in [1.807, 2.05) is 11.8 Å². The van der Waals surface area contributed by atoms with Crippen LogP contribution in [0.4, 0.5) is 5.69 Å². The highest BCUT2D eigenvalue weighted by molar-refractivity contribution is 7.98. The van der Waals surface area contributed by atoms with Crippen molar-refractivity contribution in [2.75, 3.05) is 11.6 Å². The van der Waals surface area contributed by atoms with E-state index in [1.165, 1.54) is 36.3 Å². The van der Waals surface area contributed by atoms with Gasteiger partial charge in [0.2, 0.25) is 0 Å². The molecule has 4 aliphatic rings. The molecule has 0 radical (unpaired) electrons. The van der Waals surface area contributed by atoms with E-state index in [1.54, 1.807) is 6.42 Å². The van der Waals surface area contributed by atoms with Crippen molar-refractivity contribution in [2.45, 2.75) is 43.0 Å². The first kappa shape index (κ1) is 12.1. The fraction of sp³-hybridized carbons (Fsp3) is 0.647. The summed E-state index contributed by atoms with van der Waals surface area (Å²) in [4.78, 5) is 1.36. The monoisotopic (exact) mass is 273 g/mol. The molecule has 0 aromatic heterocycles. The maximum absolute atomic E-state index is 3.87. The molecule has 4 aliphatic carbocycles. The average Bonchev–Trinajstić information content (AvgIpc) is 2.43. The fourth-order valence-corrected chi connectivity index (χ4v) is 5.45. The van der Waals surface area contributed by atoms with E-state index >= 15 is 0 Å². The van der Waals surface area contributed by atoms with E-state index in [0.29, 0.717) is 0 Å². The molecular formula is C17H23NS. The van der Waals surface area contributed by atoms with Gasteiger partial charge in [0.1, 0.15) is 0 Å². The lowest BCUT2D eigenvalue weighted by Crippen LogP contribution is -2.51. The number of hydrogen-bond acceptors (Lipinski definition) is 2. The molecule has 4 fully saturated rings. The van der Waals surface area contributed by atoms with Crippen molar-refractivity contribution in [3.05, 3.63) is 24.3 Å². The van der Waals surface area contributed by atoms with Crippen molar-refractivity contribution in [3.8, 4) is 0 Å². The molecule has 0 heterocycles. The largest absolute Gasteiger partial charge is 0.382 e. The maximum atomic E-state index is 3.87. The van der Waals surface area contributed by atoms with Crippen LogP contribution in [0.15, 0.2) is 29.2 Å². The molecule has 0 saturated heterocycles. The normalized spacial score (nSPS) is 39.5. The zero-order valence-corrected chi connectivity index (χ0v) is 12.5. The third-order valence-electron chi connectivity index (χ3n) is 5.65. The summed E-state index contributed by atoms with van der Waals surface area (Å²) in [7, 11) is 0. The molecule has 0 aliphatic heterocycles. The van der Waals surface area contributed by atoms with Crippen LogP contribution in [0.1, 0.15) is 32.1 Å². The molecule has 0 spiro atoms. The lowest BCUT2D eigenvalue weighted by molar-refractivity contribution is 0.00754. The van der Waals surface area contributed by atoms with Crippen LogP contribution in [0.2, 0.25) is 0 Å². The first-order chi connectivity index (χ1) is 9.31. The van der Waals surface area contributed by atoms with Crippen LogP contribution in [0.5, 0.6) is 0 Å². The zero-order chi connectivity index (χ0) is 12.8. The Morgan fingerprint density at radius 3 is 2.00 bits per heavy atom. The van der Waals surface area contributed by atoms with E-state index in [-0.39, 0.29) is 0 Å². The predicted octanol–water partition coefficient (Wildman–Crippen LogP) is 4.65. The quantitative estimate of drug-likeness (QED) is 0.805. The summed E-state index contributed by atoms with van der Waals surface area (Å²) in [5.41, 5.74) is 1.33. The Labute approximate surface area is 120 Å². The van der Waals surface area contributed by atoms with Gasteiger partial charge in [-0.2, -0.15) is 0 Å². The first-order valence-corrected chi connectivity index (χ1v) is 8.95. The molecule has 4 bridgehead atoms. The molecular weight excluding hydrogens is 250 g/mol. The van der Waals surface area contributed by atoms with Crippen molar-refractivity contribution < 1.29 is 0 Å². The van der Waals surface area contributed by atoms with Crippen molar-refractivity contribution >= 4 is 17.4 Å². The second kappa shape index (κ2) is 4.73. The van der Waals surface area contributed by atoms with Gasteiger partial charge in [0.25, 0.3) is 0 Å². The van der Waals surface area contributed by atoms with Crippen LogP contribution >= 0.6 is 11.8 Å². The van der Waals surface area contributed by atoms with Crippen molar-refractivity contribution in [1.29, 1.82) is 0 Å². The summed E-state index contributed by atoms with van der Waals surface area (Å²) < 4.78 is 0. The molecule has 1 aromatic carbocycles. The minimum atomic E-state index is 0.757. The number of rotatable bonds is 3. The highest BCUT2D eigenvalue weighted by Crippen LogP contribution is 2.54. The molecule has 1 N–H and O–H groups in total. The number of anilines is 1. The number of thioether (sulfide) groups is 1. The highest BCUT2D eigenvalue weighted by atomic mass is 32.2. The van der Waals surface area contributed by atoms with Gasteiger partial charge >= 0.3 is 0 Å². The standard InChI is InChI=1S/C17H23NS/c1-19-16-4-2-15(3-5-16)18-17-13-7-11-6-12(9-13)10-14(17)8-11/h2-5,11-14,17-18H,6-10H2,1H3. The van der Waals surface area contributed by atoms with Crippen LogP contribution in [0.25, 0.3) is 0 Å². The Kier molecular flexibility index (Phi) is 3.02. The van der Waals surface area contributed by atoms with Crippen molar-refractivity contribution in [1.82, 2.24) is 0 Å². The van der Waals surface area contributed by atoms with Gasteiger partial charge in [0.15, 0.2) is 0 Å². The molecule has 102 valence electrons. The second-order valence-electron chi connectivity index (χ2n) is 6.83. The summed E-state index contributed by atoms with van der Waals surface area (Å²) in [5, 5.41) is 3.87. The Morgan fingerprint density at radius 2 is 1.47 bits per heavy atom. The minimum Gasteiger partial charge on any atom is -0.382 e. The third-order valence-corrected chi connectivity index (χ3v) is 6.39. The minimum absolute atomic E-state index is 0.757. The fourth-order valence-electron chi connectivity index (χ4n) is 5.04. The van der Waals surface area contributed by atoms with Crippen LogP contribution in [-0.2, 0) is 0 Å². The topological polar surface area (TPSA) is 12.0 Å². The first-order valence-electron chi connectivity index (χ1n) is 7.72. The molecule has 19 heavy (non-hydrogen) atoms. The van der Waals surface area contributed by atoms with Gasteiger partial charge in [-0.25, -0.2) is 0 Å². The van der Waals surface area contributed by atoms with E-state index < -0.39 is 0 Å². The SMILES string of the molecule is CSc1ccc(NC2C3CC4CC(C3)CC2C4)cc1. The lowest BCUT2D eigenvalue weighted by atomic mass is 9.54. The maximum Gasteiger partial charge on any atom is 0.0343 e. The van der Waals surface area contributed by atoms with Gasteiger partial charge in [0.05, 0.1) is 0 Å².